The van der Waals surface area contributed by atoms with Gasteiger partial charge >= 0.3 is 6.03 Å². The van der Waals surface area contributed by atoms with Crippen LogP contribution >= 0.6 is 11.6 Å². The summed E-state index contributed by atoms with van der Waals surface area (Å²) in [6.07, 6.45) is 2.24. The van der Waals surface area contributed by atoms with Crippen molar-refractivity contribution in [1.29, 1.82) is 0 Å². The maximum atomic E-state index is 11.9. The lowest BCUT2D eigenvalue weighted by molar-refractivity contribution is -0.117. The Kier molecular flexibility index (Phi) is 5.56. The van der Waals surface area contributed by atoms with Crippen LogP contribution in [0.1, 0.15) is 18.4 Å². The second-order valence-electron chi connectivity index (χ2n) is 5.95. The van der Waals surface area contributed by atoms with Crippen LogP contribution in [0.5, 0.6) is 0 Å². The van der Waals surface area contributed by atoms with Gasteiger partial charge in [-0.3, -0.25) is 4.79 Å². The summed E-state index contributed by atoms with van der Waals surface area (Å²) in [6, 6.07) is 14.6. The van der Waals surface area contributed by atoms with E-state index in [2.05, 4.69) is 10.6 Å². The second kappa shape index (κ2) is 8.03. The summed E-state index contributed by atoms with van der Waals surface area (Å²) in [4.78, 5) is 25.4. The summed E-state index contributed by atoms with van der Waals surface area (Å²) in [5.74, 6) is 0.153. The normalized spacial score (nSPS) is 13.8. The van der Waals surface area contributed by atoms with Crippen LogP contribution in [0.4, 0.5) is 16.2 Å². The van der Waals surface area contributed by atoms with Gasteiger partial charge in [0.15, 0.2) is 0 Å². The van der Waals surface area contributed by atoms with Crippen molar-refractivity contribution in [2.75, 3.05) is 23.3 Å². The monoisotopic (exact) mass is 357 g/mol. The third kappa shape index (κ3) is 4.73. The zero-order valence-electron chi connectivity index (χ0n) is 13.8. The zero-order chi connectivity index (χ0) is 17.6. The topological polar surface area (TPSA) is 61.4 Å². The molecule has 0 bridgehead atoms. The number of urea groups is 1. The van der Waals surface area contributed by atoms with Crippen molar-refractivity contribution in [3.63, 3.8) is 0 Å². The van der Waals surface area contributed by atoms with Gasteiger partial charge in [0.25, 0.3) is 0 Å². The van der Waals surface area contributed by atoms with Crippen LogP contribution in [-0.2, 0) is 11.2 Å². The molecule has 0 aliphatic carbocycles. The lowest BCUT2D eigenvalue weighted by Crippen LogP contribution is -2.30. The van der Waals surface area contributed by atoms with E-state index in [0.29, 0.717) is 23.7 Å². The number of benzene rings is 2. The number of anilines is 2. The number of nitrogens with one attached hydrogen (secondary N) is 2. The van der Waals surface area contributed by atoms with Gasteiger partial charge in [-0.25, -0.2) is 4.79 Å². The van der Waals surface area contributed by atoms with Crippen molar-refractivity contribution < 1.29 is 9.59 Å². The van der Waals surface area contributed by atoms with E-state index >= 15 is 0 Å². The Morgan fingerprint density at radius 3 is 2.44 bits per heavy atom. The number of carbonyl (C=O) groups excluding carboxylic acids is 2. The van der Waals surface area contributed by atoms with Crippen molar-refractivity contribution in [2.45, 2.75) is 19.3 Å². The standard InChI is InChI=1S/C19H20ClN3O2/c20-15-5-3-14(4-6-15)11-12-21-19(25)22-16-7-9-17(10-8-16)23-13-1-2-18(23)24/h3-10H,1-2,11-13H2,(H2,21,22,25). The molecule has 1 fully saturated rings. The molecule has 6 heteroatoms. The summed E-state index contributed by atoms with van der Waals surface area (Å²) in [5, 5.41) is 6.32. The molecule has 0 atom stereocenters. The average Bonchev–Trinajstić information content (AvgIpc) is 3.03. The summed E-state index contributed by atoms with van der Waals surface area (Å²) >= 11 is 5.85. The fraction of sp³-hybridized carbons (Fsp3) is 0.263. The van der Waals surface area contributed by atoms with Crippen LogP contribution in [0.15, 0.2) is 48.5 Å². The molecule has 2 N–H and O–H groups in total. The number of hydrogen-bond donors (Lipinski definition) is 2. The lowest BCUT2D eigenvalue weighted by atomic mass is 10.1. The van der Waals surface area contributed by atoms with Gasteiger partial charge in [0, 0.05) is 35.9 Å². The van der Waals surface area contributed by atoms with E-state index in [0.717, 1.165) is 30.6 Å². The molecule has 0 radical (unpaired) electrons. The first-order valence-electron chi connectivity index (χ1n) is 8.31. The number of nitrogens with zero attached hydrogens (tertiary/aromatic N) is 1. The molecule has 1 saturated heterocycles. The molecule has 0 aromatic heterocycles. The molecule has 1 aliphatic heterocycles. The third-order valence-electron chi connectivity index (χ3n) is 4.12. The highest BCUT2D eigenvalue weighted by atomic mass is 35.5. The van der Waals surface area contributed by atoms with Gasteiger partial charge in [-0.15, -0.1) is 0 Å². The second-order valence-corrected chi connectivity index (χ2v) is 6.39. The SMILES string of the molecule is O=C(NCCc1ccc(Cl)cc1)Nc1ccc(N2CCCC2=O)cc1. The quantitative estimate of drug-likeness (QED) is 0.854. The van der Waals surface area contributed by atoms with E-state index in [1.54, 1.807) is 17.0 Å². The molecule has 0 saturated carbocycles. The largest absolute Gasteiger partial charge is 0.338 e. The average molecular weight is 358 g/mol. The van der Waals surface area contributed by atoms with Gasteiger partial charge in [0.2, 0.25) is 5.91 Å². The van der Waals surface area contributed by atoms with Gasteiger partial charge in [0.05, 0.1) is 0 Å². The summed E-state index contributed by atoms with van der Waals surface area (Å²) in [5.41, 5.74) is 2.68. The molecule has 2 aromatic carbocycles. The van der Waals surface area contributed by atoms with Crippen LogP contribution in [0.25, 0.3) is 0 Å². The first kappa shape index (κ1) is 17.3. The van der Waals surface area contributed by atoms with Gasteiger partial charge in [0.1, 0.15) is 0 Å². The minimum atomic E-state index is -0.251. The van der Waals surface area contributed by atoms with Crippen LogP contribution in [0, 0.1) is 0 Å². The Morgan fingerprint density at radius 1 is 1.08 bits per heavy atom. The predicted molar refractivity (Wildman–Crippen MR) is 100 cm³/mol. The number of hydrogen-bond acceptors (Lipinski definition) is 2. The van der Waals surface area contributed by atoms with Gasteiger partial charge in [-0.05, 0) is 54.8 Å². The highest BCUT2D eigenvalue weighted by molar-refractivity contribution is 6.30. The zero-order valence-corrected chi connectivity index (χ0v) is 14.6. The minimum absolute atomic E-state index is 0.153. The Balaban J connectivity index is 1.46. The van der Waals surface area contributed by atoms with E-state index in [1.807, 2.05) is 36.4 Å². The smallest absolute Gasteiger partial charge is 0.319 e. The molecule has 3 rings (SSSR count). The highest BCUT2D eigenvalue weighted by Gasteiger charge is 2.21. The van der Waals surface area contributed by atoms with Crippen LogP contribution in [-0.4, -0.2) is 25.0 Å². The van der Waals surface area contributed by atoms with E-state index in [4.69, 9.17) is 11.6 Å². The fourth-order valence-corrected chi connectivity index (χ4v) is 2.92. The maximum absolute atomic E-state index is 11.9. The van der Waals surface area contributed by atoms with Crippen molar-refractivity contribution in [3.8, 4) is 0 Å². The predicted octanol–water partition coefficient (Wildman–Crippen LogP) is 3.83. The van der Waals surface area contributed by atoms with E-state index in [9.17, 15) is 9.59 Å². The minimum Gasteiger partial charge on any atom is -0.338 e. The Labute approximate surface area is 152 Å². The number of rotatable bonds is 5. The molecule has 130 valence electrons. The highest BCUT2D eigenvalue weighted by Crippen LogP contribution is 2.22. The Bertz CT molecular complexity index is 744. The Morgan fingerprint density at radius 2 is 1.80 bits per heavy atom. The summed E-state index contributed by atoms with van der Waals surface area (Å²) in [6.45, 7) is 1.30. The molecule has 1 heterocycles. The van der Waals surface area contributed by atoms with E-state index in [-0.39, 0.29) is 11.9 Å². The van der Waals surface area contributed by atoms with E-state index in [1.165, 1.54) is 0 Å². The third-order valence-corrected chi connectivity index (χ3v) is 4.37. The number of halogens is 1. The molecule has 0 unspecified atom stereocenters. The van der Waals surface area contributed by atoms with E-state index < -0.39 is 0 Å². The van der Waals surface area contributed by atoms with Crippen LogP contribution in [0.3, 0.4) is 0 Å². The maximum Gasteiger partial charge on any atom is 0.319 e. The van der Waals surface area contributed by atoms with Gasteiger partial charge < -0.3 is 15.5 Å². The number of amides is 3. The molecular weight excluding hydrogens is 338 g/mol. The van der Waals surface area contributed by atoms with Crippen molar-refractivity contribution in [2.24, 2.45) is 0 Å². The van der Waals surface area contributed by atoms with Gasteiger partial charge in [-0.2, -0.15) is 0 Å². The van der Waals surface area contributed by atoms with Crippen molar-refractivity contribution >= 4 is 34.9 Å². The lowest BCUT2D eigenvalue weighted by Gasteiger charge is -2.16. The fourth-order valence-electron chi connectivity index (χ4n) is 2.79. The molecule has 25 heavy (non-hydrogen) atoms. The molecule has 1 aliphatic rings. The summed E-state index contributed by atoms with van der Waals surface area (Å²) < 4.78 is 0. The molecular formula is C19H20ClN3O2. The Hall–Kier alpha value is -2.53. The van der Waals surface area contributed by atoms with Crippen molar-refractivity contribution in [1.82, 2.24) is 5.32 Å². The first-order valence-corrected chi connectivity index (χ1v) is 8.69. The van der Waals surface area contributed by atoms with Crippen LogP contribution in [0.2, 0.25) is 5.02 Å². The molecule has 0 spiro atoms. The molecule has 5 nitrogen and oxygen atoms in total. The number of carbonyl (C=O) groups is 2. The van der Waals surface area contributed by atoms with Crippen LogP contribution < -0.4 is 15.5 Å². The first-order chi connectivity index (χ1) is 12.1. The van der Waals surface area contributed by atoms with Crippen molar-refractivity contribution in [3.05, 3.63) is 59.1 Å². The van der Waals surface area contributed by atoms with Gasteiger partial charge in [-0.1, -0.05) is 23.7 Å². The summed E-state index contributed by atoms with van der Waals surface area (Å²) in [7, 11) is 0. The molecule has 2 aromatic rings. The molecule has 3 amide bonds.